The standard InChI is InChI=1S/C7H13NO/c8-5-4-6(9)7(5)2-1-3-7/h5-6,9H,1-4,8H2/t5-,6-/m1/s1. The Morgan fingerprint density at radius 3 is 2.22 bits per heavy atom. The molecule has 2 aliphatic rings. The van der Waals surface area contributed by atoms with Crippen molar-refractivity contribution in [2.24, 2.45) is 11.1 Å². The lowest BCUT2D eigenvalue weighted by atomic mass is 9.51. The molecule has 0 saturated heterocycles. The van der Waals surface area contributed by atoms with E-state index in [4.69, 9.17) is 5.73 Å². The predicted molar refractivity (Wildman–Crippen MR) is 34.9 cm³/mol. The molecule has 9 heavy (non-hydrogen) atoms. The van der Waals surface area contributed by atoms with Gasteiger partial charge in [-0.05, 0) is 19.3 Å². The molecule has 1 spiro atoms. The molecule has 3 N–H and O–H groups in total. The minimum absolute atomic E-state index is 0.0683. The molecule has 0 unspecified atom stereocenters. The monoisotopic (exact) mass is 127 g/mol. The summed E-state index contributed by atoms with van der Waals surface area (Å²) in [6.07, 6.45) is 4.36. The van der Waals surface area contributed by atoms with Crippen LogP contribution in [0.2, 0.25) is 0 Å². The molecule has 2 fully saturated rings. The van der Waals surface area contributed by atoms with Crippen LogP contribution >= 0.6 is 0 Å². The lowest BCUT2D eigenvalue weighted by Crippen LogP contribution is -2.64. The van der Waals surface area contributed by atoms with Crippen LogP contribution in [0.1, 0.15) is 25.7 Å². The van der Waals surface area contributed by atoms with Gasteiger partial charge in [-0.2, -0.15) is 0 Å². The summed E-state index contributed by atoms with van der Waals surface area (Å²) in [6.45, 7) is 0. The van der Waals surface area contributed by atoms with E-state index in [1.165, 1.54) is 6.42 Å². The number of hydrogen-bond acceptors (Lipinski definition) is 2. The van der Waals surface area contributed by atoms with E-state index in [2.05, 4.69) is 0 Å². The Bertz CT molecular complexity index is 121. The van der Waals surface area contributed by atoms with Gasteiger partial charge in [0.05, 0.1) is 6.10 Å². The fraction of sp³-hybridized carbons (Fsp3) is 1.00. The smallest absolute Gasteiger partial charge is 0.0626 e. The Balaban J connectivity index is 2.08. The van der Waals surface area contributed by atoms with Gasteiger partial charge in [-0.3, -0.25) is 0 Å². The average Bonchev–Trinajstić information content (AvgIpc) is 1.60. The molecule has 2 aliphatic carbocycles. The van der Waals surface area contributed by atoms with E-state index in [1.54, 1.807) is 0 Å². The van der Waals surface area contributed by atoms with Gasteiger partial charge in [0.15, 0.2) is 0 Å². The second-order valence-electron chi connectivity index (χ2n) is 3.44. The van der Waals surface area contributed by atoms with Crippen molar-refractivity contribution in [3.8, 4) is 0 Å². The molecule has 0 radical (unpaired) electrons. The van der Waals surface area contributed by atoms with Gasteiger partial charge in [-0.1, -0.05) is 6.42 Å². The van der Waals surface area contributed by atoms with Crippen molar-refractivity contribution in [3.05, 3.63) is 0 Å². The summed E-state index contributed by atoms with van der Waals surface area (Å²) >= 11 is 0. The number of rotatable bonds is 0. The molecule has 52 valence electrons. The first-order valence-electron chi connectivity index (χ1n) is 3.69. The zero-order valence-corrected chi connectivity index (χ0v) is 5.51. The zero-order valence-electron chi connectivity index (χ0n) is 5.51. The zero-order chi connectivity index (χ0) is 6.48. The molecule has 2 atom stereocenters. The molecule has 0 bridgehead atoms. The molecule has 2 rings (SSSR count). The van der Waals surface area contributed by atoms with Gasteiger partial charge in [0.1, 0.15) is 0 Å². The van der Waals surface area contributed by atoms with E-state index in [0.717, 1.165) is 19.3 Å². The molecule has 2 nitrogen and oxygen atoms in total. The number of nitrogens with two attached hydrogens (primary N) is 1. The summed E-state index contributed by atoms with van der Waals surface area (Å²) in [5, 5.41) is 9.31. The SMILES string of the molecule is N[C@@H]1C[C@@H](O)C12CCC2. The topological polar surface area (TPSA) is 46.2 Å². The van der Waals surface area contributed by atoms with Crippen molar-refractivity contribution in [3.63, 3.8) is 0 Å². The van der Waals surface area contributed by atoms with Crippen LogP contribution in [0.4, 0.5) is 0 Å². The van der Waals surface area contributed by atoms with Gasteiger partial charge < -0.3 is 10.8 Å². The van der Waals surface area contributed by atoms with Crippen molar-refractivity contribution in [2.45, 2.75) is 37.8 Å². The molecular weight excluding hydrogens is 114 g/mol. The molecular formula is C7H13NO. The van der Waals surface area contributed by atoms with Crippen LogP contribution in [0.5, 0.6) is 0 Å². The molecule has 2 heteroatoms. The highest BCUT2D eigenvalue weighted by Crippen LogP contribution is 2.54. The van der Waals surface area contributed by atoms with Crippen LogP contribution in [0.3, 0.4) is 0 Å². The Morgan fingerprint density at radius 2 is 2.11 bits per heavy atom. The first kappa shape index (κ1) is 5.69. The first-order valence-corrected chi connectivity index (χ1v) is 3.69. The van der Waals surface area contributed by atoms with Gasteiger partial charge in [0, 0.05) is 11.5 Å². The van der Waals surface area contributed by atoms with Crippen molar-refractivity contribution in [2.75, 3.05) is 0 Å². The molecule has 0 heterocycles. The highest BCUT2D eigenvalue weighted by molar-refractivity contribution is 5.09. The lowest BCUT2D eigenvalue weighted by molar-refractivity contribution is -0.133. The average molecular weight is 127 g/mol. The van der Waals surface area contributed by atoms with Gasteiger partial charge in [-0.25, -0.2) is 0 Å². The highest BCUT2D eigenvalue weighted by Gasteiger charge is 2.55. The summed E-state index contributed by atoms with van der Waals surface area (Å²) in [5.74, 6) is 0. The van der Waals surface area contributed by atoms with Crippen LogP contribution in [0.15, 0.2) is 0 Å². The molecule has 0 amide bonds. The van der Waals surface area contributed by atoms with Crippen LogP contribution in [-0.4, -0.2) is 17.3 Å². The predicted octanol–water partition coefficient (Wildman–Crippen LogP) is 0.249. The molecule has 2 saturated carbocycles. The Labute approximate surface area is 55.1 Å². The quantitative estimate of drug-likeness (QED) is 0.490. The maximum Gasteiger partial charge on any atom is 0.0626 e. The van der Waals surface area contributed by atoms with E-state index in [9.17, 15) is 5.11 Å². The molecule has 0 aliphatic heterocycles. The van der Waals surface area contributed by atoms with Crippen molar-refractivity contribution < 1.29 is 5.11 Å². The van der Waals surface area contributed by atoms with Gasteiger partial charge in [0.2, 0.25) is 0 Å². The normalized spacial score (nSPS) is 46.0. The second kappa shape index (κ2) is 1.50. The van der Waals surface area contributed by atoms with Gasteiger partial charge in [0.25, 0.3) is 0 Å². The Kier molecular flexibility index (Phi) is 0.945. The van der Waals surface area contributed by atoms with Crippen LogP contribution in [0.25, 0.3) is 0 Å². The summed E-state index contributed by atoms with van der Waals surface area (Å²) in [7, 11) is 0. The summed E-state index contributed by atoms with van der Waals surface area (Å²) < 4.78 is 0. The van der Waals surface area contributed by atoms with Crippen LogP contribution in [0, 0.1) is 5.41 Å². The third kappa shape index (κ3) is 0.485. The van der Waals surface area contributed by atoms with E-state index in [0.29, 0.717) is 6.04 Å². The van der Waals surface area contributed by atoms with Crippen molar-refractivity contribution in [1.82, 2.24) is 0 Å². The van der Waals surface area contributed by atoms with Crippen LogP contribution < -0.4 is 5.73 Å². The third-order valence-electron chi connectivity index (χ3n) is 3.16. The first-order chi connectivity index (χ1) is 4.26. The third-order valence-corrected chi connectivity index (χ3v) is 3.16. The lowest BCUT2D eigenvalue weighted by Gasteiger charge is -2.58. The van der Waals surface area contributed by atoms with Crippen molar-refractivity contribution in [1.29, 1.82) is 0 Å². The maximum absolute atomic E-state index is 9.31. The Morgan fingerprint density at radius 1 is 1.44 bits per heavy atom. The Hall–Kier alpha value is -0.0800. The van der Waals surface area contributed by atoms with Crippen LogP contribution in [-0.2, 0) is 0 Å². The minimum Gasteiger partial charge on any atom is -0.392 e. The van der Waals surface area contributed by atoms with E-state index in [-0.39, 0.29) is 11.5 Å². The van der Waals surface area contributed by atoms with E-state index < -0.39 is 0 Å². The molecule has 0 aromatic heterocycles. The highest BCUT2D eigenvalue weighted by atomic mass is 16.3. The number of hydrogen-bond donors (Lipinski definition) is 2. The molecule has 0 aromatic rings. The fourth-order valence-corrected chi connectivity index (χ4v) is 2.09. The molecule has 0 aromatic carbocycles. The van der Waals surface area contributed by atoms with E-state index in [1.807, 2.05) is 0 Å². The second-order valence-corrected chi connectivity index (χ2v) is 3.44. The minimum atomic E-state index is -0.0683. The van der Waals surface area contributed by atoms with E-state index >= 15 is 0 Å². The fourth-order valence-electron chi connectivity index (χ4n) is 2.09. The largest absolute Gasteiger partial charge is 0.392 e. The number of aliphatic hydroxyl groups excluding tert-OH is 1. The summed E-state index contributed by atoms with van der Waals surface area (Å²) in [5.41, 5.74) is 5.94. The maximum atomic E-state index is 9.31. The van der Waals surface area contributed by atoms with Gasteiger partial charge >= 0.3 is 0 Å². The van der Waals surface area contributed by atoms with Gasteiger partial charge in [-0.15, -0.1) is 0 Å². The number of aliphatic hydroxyl groups is 1. The summed E-state index contributed by atoms with van der Waals surface area (Å²) in [6, 6.07) is 0.307. The summed E-state index contributed by atoms with van der Waals surface area (Å²) in [4.78, 5) is 0. The van der Waals surface area contributed by atoms with Crippen molar-refractivity contribution >= 4 is 0 Å².